The average molecular weight is 172 g/mol. The minimum atomic E-state index is -0.617. The van der Waals surface area contributed by atoms with E-state index in [1.807, 2.05) is 0 Å². The molecule has 0 saturated carbocycles. The summed E-state index contributed by atoms with van der Waals surface area (Å²) in [4.78, 5) is 14.3. The Hall–Kier alpha value is -1.79. The number of ether oxygens (including phenoxy) is 2. The van der Waals surface area contributed by atoms with Gasteiger partial charge in [0.15, 0.2) is 0 Å². The van der Waals surface area contributed by atoms with E-state index in [2.05, 4.69) is 30.0 Å². The molecule has 1 aromatic heterocycles. The van der Waals surface area contributed by atoms with Crippen LogP contribution in [0.1, 0.15) is 0 Å². The maximum Gasteiger partial charge on any atom is 0.413 e. The van der Waals surface area contributed by atoms with E-state index in [0.29, 0.717) is 0 Å². The van der Waals surface area contributed by atoms with Crippen LogP contribution in [0, 0.1) is 0 Å². The van der Waals surface area contributed by atoms with E-state index >= 15 is 0 Å². The first-order valence-corrected chi connectivity index (χ1v) is 3.07. The zero-order valence-electron chi connectivity index (χ0n) is 6.62. The van der Waals surface area contributed by atoms with Gasteiger partial charge >= 0.3 is 12.1 Å². The van der Waals surface area contributed by atoms with Gasteiger partial charge in [0.2, 0.25) is 5.95 Å². The van der Waals surface area contributed by atoms with Crippen molar-refractivity contribution in [2.75, 3.05) is 19.5 Å². The molecule has 1 amide bonds. The van der Waals surface area contributed by atoms with Crippen LogP contribution in [0.25, 0.3) is 0 Å². The third kappa shape index (κ3) is 1.84. The molecule has 0 aliphatic carbocycles. The van der Waals surface area contributed by atoms with Crippen molar-refractivity contribution in [1.29, 1.82) is 0 Å². The maximum atomic E-state index is 10.6. The molecule has 0 aliphatic heterocycles. The largest absolute Gasteiger partial charge is 0.466 e. The molecular formula is C5H8N4O3. The van der Waals surface area contributed by atoms with Gasteiger partial charge in [0.05, 0.1) is 14.2 Å². The summed E-state index contributed by atoms with van der Waals surface area (Å²) >= 11 is 0. The standard InChI is InChI=1S/C5H8N4O3/c1-11-4-6-3(8-9-4)7-5(10)12-2/h1-2H3,(H2,6,7,8,9,10). The highest BCUT2D eigenvalue weighted by Crippen LogP contribution is 2.03. The minimum absolute atomic E-state index is 0.154. The first-order chi connectivity index (χ1) is 5.76. The molecule has 7 nitrogen and oxygen atoms in total. The van der Waals surface area contributed by atoms with Crippen molar-refractivity contribution < 1.29 is 14.3 Å². The zero-order valence-corrected chi connectivity index (χ0v) is 6.62. The number of hydrogen-bond donors (Lipinski definition) is 2. The number of nitrogens with zero attached hydrogens (tertiary/aromatic N) is 2. The first kappa shape index (κ1) is 8.31. The number of anilines is 1. The molecule has 12 heavy (non-hydrogen) atoms. The van der Waals surface area contributed by atoms with Gasteiger partial charge in [0, 0.05) is 0 Å². The van der Waals surface area contributed by atoms with Gasteiger partial charge in [-0.15, -0.1) is 5.10 Å². The topological polar surface area (TPSA) is 89.1 Å². The van der Waals surface area contributed by atoms with E-state index in [1.54, 1.807) is 0 Å². The van der Waals surface area contributed by atoms with Crippen LogP contribution in [0.2, 0.25) is 0 Å². The molecule has 0 spiro atoms. The quantitative estimate of drug-likeness (QED) is 0.654. The summed E-state index contributed by atoms with van der Waals surface area (Å²) in [6.45, 7) is 0. The van der Waals surface area contributed by atoms with Gasteiger partial charge in [0.1, 0.15) is 0 Å². The number of carbonyl (C=O) groups is 1. The number of H-pyrrole nitrogens is 1. The van der Waals surface area contributed by atoms with Crippen molar-refractivity contribution in [3.8, 4) is 6.01 Å². The highest BCUT2D eigenvalue weighted by molar-refractivity contribution is 5.81. The van der Waals surface area contributed by atoms with E-state index in [4.69, 9.17) is 0 Å². The second-order valence-electron chi connectivity index (χ2n) is 1.79. The molecule has 0 aromatic carbocycles. The third-order valence-corrected chi connectivity index (χ3v) is 1.05. The fourth-order valence-electron chi connectivity index (χ4n) is 0.541. The average Bonchev–Trinajstić information content (AvgIpc) is 2.52. The minimum Gasteiger partial charge on any atom is -0.466 e. The molecule has 0 radical (unpaired) electrons. The van der Waals surface area contributed by atoms with Crippen LogP contribution in [0.4, 0.5) is 10.7 Å². The molecule has 2 N–H and O–H groups in total. The summed E-state index contributed by atoms with van der Waals surface area (Å²) < 4.78 is 8.98. The number of carbonyl (C=O) groups excluding carboxylic acids is 1. The lowest BCUT2D eigenvalue weighted by atomic mass is 10.9. The molecule has 1 rings (SSSR count). The molecule has 66 valence electrons. The maximum absolute atomic E-state index is 10.6. The number of aromatic amines is 1. The van der Waals surface area contributed by atoms with Gasteiger partial charge < -0.3 is 9.47 Å². The van der Waals surface area contributed by atoms with E-state index < -0.39 is 6.09 Å². The van der Waals surface area contributed by atoms with Gasteiger partial charge in [0.25, 0.3) is 0 Å². The Balaban J connectivity index is 2.58. The van der Waals surface area contributed by atoms with Gasteiger partial charge in [-0.2, -0.15) is 4.98 Å². The Bertz CT molecular complexity index is 271. The molecule has 0 unspecified atom stereocenters. The normalized spacial score (nSPS) is 9.17. The van der Waals surface area contributed by atoms with Gasteiger partial charge in [-0.3, -0.25) is 5.32 Å². The lowest BCUT2D eigenvalue weighted by molar-refractivity contribution is 0.186. The van der Waals surface area contributed by atoms with E-state index in [1.165, 1.54) is 14.2 Å². The Labute approximate surface area is 68.1 Å². The fourth-order valence-corrected chi connectivity index (χ4v) is 0.541. The Morgan fingerprint density at radius 1 is 1.58 bits per heavy atom. The van der Waals surface area contributed by atoms with Crippen molar-refractivity contribution in [3.63, 3.8) is 0 Å². The smallest absolute Gasteiger partial charge is 0.413 e. The summed E-state index contributed by atoms with van der Waals surface area (Å²) in [5, 5.41) is 8.29. The SMILES string of the molecule is COC(=O)Nc1nc(OC)n[nH]1. The molecule has 7 heteroatoms. The fraction of sp³-hybridized carbons (Fsp3) is 0.400. The van der Waals surface area contributed by atoms with Crippen molar-refractivity contribution in [2.24, 2.45) is 0 Å². The predicted molar refractivity (Wildman–Crippen MR) is 39.0 cm³/mol. The molecule has 1 heterocycles. The van der Waals surface area contributed by atoms with Gasteiger partial charge in [-0.05, 0) is 0 Å². The van der Waals surface area contributed by atoms with Crippen molar-refractivity contribution in [2.45, 2.75) is 0 Å². The highest BCUT2D eigenvalue weighted by atomic mass is 16.5. The summed E-state index contributed by atoms with van der Waals surface area (Å²) in [7, 11) is 2.67. The first-order valence-electron chi connectivity index (χ1n) is 3.07. The van der Waals surface area contributed by atoms with Gasteiger partial charge in [-0.25, -0.2) is 9.89 Å². The summed E-state index contributed by atoms with van der Waals surface area (Å²) in [5.41, 5.74) is 0. The third-order valence-electron chi connectivity index (χ3n) is 1.05. The van der Waals surface area contributed by atoms with E-state index in [9.17, 15) is 4.79 Å². The van der Waals surface area contributed by atoms with Crippen LogP contribution in [0.5, 0.6) is 6.01 Å². The lowest BCUT2D eigenvalue weighted by Gasteiger charge is -1.96. The number of aromatic nitrogens is 3. The summed E-state index contributed by atoms with van der Waals surface area (Å²) in [5.74, 6) is 0.179. The van der Waals surface area contributed by atoms with Crippen LogP contribution in [0.3, 0.4) is 0 Å². The van der Waals surface area contributed by atoms with E-state index in [-0.39, 0.29) is 12.0 Å². The molecular weight excluding hydrogens is 164 g/mol. The molecule has 0 fully saturated rings. The summed E-state index contributed by atoms with van der Waals surface area (Å²) in [6, 6.07) is 0.154. The number of methoxy groups -OCH3 is 2. The zero-order chi connectivity index (χ0) is 8.97. The molecule has 0 bridgehead atoms. The molecule has 0 aliphatic rings. The molecule has 0 atom stereocenters. The number of amides is 1. The number of nitrogens with one attached hydrogen (secondary N) is 2. The Morgan fingerprint density at radius 3 is 2.83 bits per heavy atom. The van der Waals surface area contributed by atoms with Crippen molar-refractivity contribution in [3.05, 3.63) is 0 Å². The van der Waals surface area contributed by atoms with Crippen LogP contribution >= 0.6 is 0 Å². The van der Waals surface area contributed by atoms with Crippen LogP contribution < -0.4 is 10.1 Å². The lowest BCUT2D eigenvalue weighted by Crippen LogP contribution is -2.11. The van der Waals surface area contributed by atoms with Crippen LogP contribution in [-0.2, 0) is 4.74 Å². The molecule has 0 saturated heterocycles. The van der Waals surface area contributed by atoms with Crippen molar-refractivity contribution >= 4 is 12.0 Å². The second kappa shape index (κ2) is 3.56. The van der Waals surface area contributed by atoms with E-state index in [0.717, 1.165) is 0 Å². The predicted octanol–water partition coefficient (Wildman–Crippen LogP) is -0.00840. The summed E-state index contributed by atoms with van der Waals surface area (Å²) in [6.07, 6.45) is -0.617. The monoisotopic (exact) mass is 172 g/mol. The van der Waals surface area contributed by atoms with Crippen LogP contribution in [-0.4, -0.2) is 35.5 Å². The second-order valence-corrected chi connectivity index (χ2v) is 1.79. The van der Waals surface area contributed by atoms with Crippen molar-refractivity contribution in [1.82, 2.24) is 15.2 Å². The van der Waals surface area contributed by atoms with Gasteiger partial charge in [-0.1, -0.05) is 0 Å². The number of rotatable bonds is 2. The van der Waals surface area contributed by atoms with Crippen LogP contribution in [0.15, 0.2) is 0 Å². The Kier molecular flexibility index (Phi) is 2.46. The highest BCUT2D eigenvalue weighted by Gasteiger charge is 2.05. The Morgan fingerprint density at radius 2 is 2.33 bits per heavy atom. The molecule has 1 aromatic rings. The number of hydrogen-bond acceptors (Lipinski definition) is 5.